The summed E-state index contributed by atoms with van der Waals surface area (Å²) < 4.78 is 6.95. The van der Waals surface area contributed by atoms with Gasteiger partial charge in [-0.25, -0.2) is 0 Å². The predicted molar refractivity (Wildman–Crippen MR) is 107 cm³/mol. The van der Waals surface area contributed by atoms with E-state index in [1.807, 2.05) is 42.6 Å². The fourth-order valence-corrected chi connectivity index (χ4v) is 3.53. The summed E-state index contributed by atoms with van der Waals surface area (Å²) in [5.74, 6) is 0.914. The number of benzene rings is 1. The molecule has 0 aliphatic carbocycles. The first kappa shape index (κ1) is 17.5. The largest absolute Gasteiger partial charge is 0.497 e. The van der Waals surface area contributed by atoms with Gasteiger partial charge in [-0.2, -0.15) is 0 Å². The van der Waals surface area contributed by atoms with Gasteiger partial charge in [0.2, 0.25) is 5.91 Å². The minimum atomic E-state index is 0.0876. The van der Waals surface area contributed by atoms with E-state index in [0.717, 1.165) is 47.4 Å². The van der Waals surface area contributed by atoms with E-state index in [2.05, 4.69) is 16.4 Å². The van der Waals surface area contributed by atoms with Crippen LogP contribution in [0.4, 0.5) is 0 Å². The van der Waals surface area contributed by atoms with Crippen LogP contribution in [-0.4, -0.2) is 35.7 Å². The van der Waals surface area contributed by atoms with E-state index in [1.165, 1.54) is 5.57 Å². The highest BCUT2D eigenvalue weighted by Gasteiger charge is 2.18. The number of methoxy groups -OCH3 is 1. The van der Waals surface area contributed by atoms with Crippen molar-refractivity contribution >= 4 is 22.5 Å². The number of hydrogen-bond donors (Lipinski definition) is 1. The highest BCUT2D eigenvalue weighted by atomic mass is 16.5. The molecule has 0 bridgehead atoms. The van der Waals surface area contributed by atoms with E-state index in [0.29, 0.717) is 12.8 Å². The number of nitrogens with one attached hydrogen (secondary N) is 1. The summed E-state index contributed by atoms with van der Waals surface area (Å²) >= 11 is 0. The van der Waals surface area contributed by atoms with Gasteiger partial charge in [0.1, 0.15) is 5.75 Å². The maximum absolute atomic E-state index is 12.9. The maximum Gasteiger partial charge on any atom is 0.231 e. The molecule has 1 N–H and O–H groups in total. The second-order valence-electron chi connectivity index (χ2n) is 6.71. The zero-order valence-corrected chi connectivity index (χ0v) is 15.4. The first-order valence-electron chi connectivity index (χ1n) is 9.28. The second-order valence-corrected chi connectivity index (χ2v) is 6.71. The third kappa shape index (κ3) is 3.64. The molecule has 0 radical (unpaired) electrons. The molecule has 1 aliphatic rings. The Labute approximate surface area is 158 Å². The van der Waals surface area contributed by atoms with Crippen LogP contribution < -0.4 is 10.1 Å². The summed E-state index contributed by atoms with van der Waals surface area (Å²) in [5.41, 5.74) is 5.25. The fourth-order valence-electron chi connectivity index (χ4n) is 3.53. The van der Waals surface area contributed by atoms with Gasteiger partial charge in [-0.05, 0) is 54.8 Å². The van der Waals surface area contributed by atoms with E-state index < -0.39 is 0 Å². The van der Waals surface area contributed by atoms with Crippen molar-refractivity contribution in [3.8, 4) is 5.75 Å². The highest BCUT2D eigenvalue weighted by Crippen LogP contribution is 2.28. The van der Waals surface area contributed by atoms with Crippen LogP contribution in [-0.2, 0) is 6.42 Å². The first-order valence-corrected chi connectivity index (χ1v) is 9.28. The molecule has 3 heterocycles. The monoisotopic (exact) mass is 361 g/mol. The van der Waals surface area contributed by atoms with Crippen molar-refractivity contribution in [2.45, 2.75) is 19.3 Å². The van der Waals surface area contributed by atoms with Gasteiger partial charge in [-0.1, -0.05) is 18.2 Å². The van der Waals surface area contributed by atoms with Gasteiger partial charge in [0, 0.05) is 30.9 Å². The quantitative estimate of drug-likeness (QED) is 0.753. The third-order valence-electron chi connectivity index (χ3n) is 5.02. The van der Waals surface area contributed by atoms with Crippen molar-refractivity contribution in [1.82, 2.24) is 14.9 Å². The van der Waals surface area contributed by atoms with Gasteiger partial charge in [0.05, 0.1) is 18.1 Å². The number of aromatic nitrogens is 2. The third-order valence-corrected chi connectivity index (χ3v) is 5.02. The minimum absolute atomic E-state index is 0.0876. The molecule has 0 fully saturated rings. The number of pyridine rings is 1. The topological polar surface area (TPSA) is 56.1 Å². The Kier molecular flexibility index (Phi) is 5.03. The summed E-state index contributed by atoms with van der Waals surface area (Å²) in [6.45, 7) is 1.82. The number of aryl methyl sites for hydroxylation is 1. The molecule has 0 spiro atoms. The molecule has 27 heavy (non-hydrogen) atoms. The van der Waals surface area contributed by atoms with Crippen LogP contribution in [0.25, 0.3) is 16.6 Å². The molecular weight excluding hydrogens is 338 g/mol. The summed E-state index contributed by atoms with van der Waals surface area (Å²) in [6, 6.07) is 11.7. The van der Waals surface area contributed by atoms with Gasteiger partial charge in [-0.3, -0.25) is 14.3 Å². The van der Waals surface area contributed by atoms with E-state index in [4.69, 9.17) is 4.74 Å². The Morgan fingerprint density at radius 1 is 1.26 bits per heavy atom. The Bertz CT molecular complexity index is 986. The standard InChI is InChI=1S/C22H23N3O2/c1-27-18-7-4-16(5-8-18)6-9-21(26)25-15-19(17-10-13-23-14-11-17)22-20(25)3-2-12-24-22/h2-5,7-8,10,12,15,23H,6,9,11,13-14H2,1H3. The lowest BCUT2D eigenvalue weighted by Crippen LogP contribution is -2.20. The molecular formula is C22H23N3O2. The fraction of sp³-hybridized carbons (Fsp3) is 0.273. The van der Waals surface area contributed by atoms with Crippen molar-refractivity contribution in [2.75, 3.05) is 20.2 Å². The average molecular weight is 361 g/mol. The number of ether oxygens (including phenoxy) is 1. The maximum atomic E-state index is 12.9. The number of carbonyl (C=O) groups excluding carboxylic acids is 1. The van der Waals surface area contributed by atoms with Crippen LogP contribution in [0.2, 0.25) is 0 Å². The van der Waals surface area contributed by atoms with Crippen LogP contribution in [0.1, 0.15) is 28.8 Å². The molecule has 0 amide bonds. The zero-order chi connectivity index (χ0) is 18.6. The molecule has 1 aromatic carbocycles. The highest BCUT2D eigenvalue weighted by molar-refractivity contribution is 5.97. The number of carbonyl (C=O) groups is 1. The molecule has 4 rings (SSSR count). The van der Waals surface area contributed by atoms with Gasteiger partial charge in [0.25, 0.3) is 0 Å². The van der Waals surface area contributed by atoms with Gasteiger partial charge in [0.15, 0.2) is 0 Å². The minimum Gasteiger partial charge on any atom is -0.497 e. The summed E-state index contributed by atoms with van der Waals surface area (Å²) in [6.07, 6.45) is 8.05. The molecule has 0 atom stereocenters. The van der Waals surface area contributed by atoms with Crippen LogP contribution in [0.15, 0.2) is 54.9 Å². The van der Waals surface area contributed by atoms with Crippen molar-refractivity contribution in [2.24, 2.45) is 0 Å². The van der Waals surface area contributed by atoms with Crippen LogP contribution in [0, 0.1) is 0 Å². The van der Waals surface area contributed by atoms with E-state index >= 15 is 0 Å². The molecule has 5 heteroatoms. The average Bonchev–Trinajstić information content (AvgIpc) is 3.13. The predicted octanol–water partition coefficient (Wildman–Crippen LogP) is 3.69. The van der Waals surface area contributed by atoms with Crippen molar-refractivity contribution in [3.05, 3.63) is 66.0 Å². The van der Waals surface area contributed by atoms with Crippen LogP contribution in [0.3, 0.4) is 0 Å². The van der Waals surface area contributed by atoms with Crippen LogP contribution in [0.5, 0.6) is 5.75 Å². The van der Waals surface area contributed by atoms with Crippen LogP contribution >= 0.6 is 0 Å². The molecule has 0 unspecified atom stereocenters. The lowest BCUT2D eigenvalue weighted by Gasteiger charge is -2.12. The number of fused-ring (bicyclic) bond motifs is 1. The molecule has 3 aromatic rings. The van der Waals surface area contributed by atoms with Crippen molar-refractivity contribution in [3.63, 3.8) is 0 Å². The zero-order valence-electron chi connectivity index (χ0n) is 15.4. The number of hydrogen-bond acceptors (Lipinski definition) is 4. The van der Waals surface area contributed by atoms with Gasteiger partial charge in [-0.15, -0.1) is 0 Å². The van der Waals surface area contributed by atoms with Gasteiger partial charge >= 0.3 is 0 Å². The van der Waals surface area contributed by atoms with E-state index in [9.17, 15) is 4.79 Å². The Morgan fingerprint density at radius 2 is 2.11 bits per heavy atom. The molecule has 0 saturated carbocycles. The number of nitrogens with zero attached hydrogens (tertiary/aromatic N) is 2. The number of rotatable bonds is 5. The van der Waals surface area contributed by atoms with E-state index in [-0.39, 0.29) is 5.91 Å². The molecule has 0 saturated heterocycles. The molecule has 138 valence electrons. The lowest BCUT2D eigenvalue weighted by molar-refractivity contribution is 0.0908. The van der Waals surface area contributed by atoms with Crippen molar-refractivity contribution < 1.29 is 9.53 Å². The SMILES string of the molecule is COc1ccc(CCC(=O)n2cc(C3=CCNCC3)c3ncccc32)cc1. The second kappa shape index (κ2) is 7.76. The summed E-state index contributed by atoms with van der Waals surface area (Å²) in [7, 11) is 1.65. The molecule has 1 aliphatic heterocycles. The summed E-state index contributed by atoms with van der Waals surface area (Å²) in [4.78, 5) is 17.5. The first-order chi connectivity index (χ1) is 13.3. The smallest absolute Gasteiger partial charge is 0.231 e. The Balaban J connectivity index is 1.58. The molecule has 5 nitrogen and oxygen atoms in total. The Hall–Kier alpha value is -2.92. The normalized spacial score (nSPS) is 14.2. The van der Waals surface area contributed by atoms with Gasteiger partial charge < -0.3 is 10.1 Å². The Morgan fingerprint density at radius 3 is 2.85 bits per heavy atom. The van der Waals surface area contributed by atoms with Crippen molar-refractivity contribution in [1.29, 1.82) is 0 Å². The summed E-state index contributed by atoms with van der Waals surface area (Å²) in [5, 5.41) is 3.33. The lowest BCUT2D eigenvalue weighted by atomic mass is 10.0. The molecule has 2 aromatic heterocycles. The van der Waals surface area contributed by atoms with E-state index in [1.54, 1.807) is 17.9 Å².